The minimum absolute atomic E-state index is 0. The molecule has 206 valence electrons. The maximum absolute atomic E-state index is 12.6. The standard InChI is InChI=1S/C24H16N4O9S3.Zn/c29-38(30,31)22-17-8-7-13(26-17)9-12-5-6-14(25-12)10-18-15-3-1-2-4-16(15)19(27-18)11-20-23(39(32,33)34)24(21(22)28-20)40(35,36)37;/h1-11,25,28H,(H,29,30,31)(H,32,33,34)(H,35,36,37);. The van der Waals surface area contributed by atoms with Crippen LogP contribution in [0.15, 0.2) is 69.3 Å². The summed E-state index contributed by atoms with van der Waals surface area (Å²) >= 11 is 0. The number of benzene rings is 1. The summed E-state index contributed by atoms with van der Waals surface area (Å²) in [6.07, 6.45) is 2.51. The first kappa shape index (κ1) is 28.9. The number of aromatic nitrogens is 4. The van der Waals surface area contributed by atoms with Gasteiger partial charge < -0.3 is 9.97 Å². The molecule has 0 fully saturated rings. The van der Waals surface area contributed by atoms with E-state index in [1.165, 1.54) is 12.1 Å². The summed E-state index contributed by atoms with van der Waals surface area (Å²) in [6.45, 7) is 0. The second-order valence-electron chi connectivity index (χ2n) is 8.81. The van der Waals surface area contributed by atoms with E-state index < -0.39 is 61.8 Å². The molecule has 0 aliphatic carbocycles. The second kappa shape index (κ2) is 9.77. The van der Waals surface area contributed by atoms with E-state index in [0.717, 1.165) is 12.1 Å². The van der Waals surface area contributed by atoms with Crippen LogP contribution in [0.25, 0.3) is 56.7 Å². The average Bonchev–Trinajstić information content (AvgIpc) is 3.60. The topological polar surface area (TPSA) is 220 Å². The fourth-order valence-corrected chi connectivity index (χ4v) is 7.63. The molecule has 6 rings (SSSR count). The van der Waals surface area contributed by atoms with Crippen LogP contribution in [0, 0.1) is 0 Å². The van der Waals surface area contributed by atoms with Gasteiger partial charge in [0.2, 0.25) is 0 Å². The molecule has 2 aliphatic heterocycles. The van der Waals surface area contributed by atoms with Crippen LogP contribution < -0.4 is 0 Å². The number of H-pyrrole nitrogens is 2. The summed E-state index contributed by atoms with van der Waals surface area (Å²) in [5.74, 6) is 0. The monoisotopic (exact) mass is 664 g/mol. The molecule has 13 nitrogen and oxygen atoms in total. The Bertz CT molecular complexity index is 2310. The summed E-state index contributed by atoms with van der Waals surface area (Å²) in [6, 6.07) is 14.7. The largest absolute Gasteiger partial charge is 0.355 e. The number of nitrogens with one attached hydrogen (secondary N) is 2. The molecule has 41 heavy (non-hydrogen) atoms. The van der Waals surface area contributed by atoms with Gasteiger partial charge in [-0.3, -0.25) is 13.7 Å². The predicted molar refractivity (Wildman–Crippen MR) is 144 cm³/mol. The molecular formula is C24H16N4O9S3Zn. The molecule has 17 heteroatoms. The molecule has 2 aliphatic rings. The number of aromatic amines is 2. The Morgan fingerprint density at radius 1 is 0.610 bits per heavy atom. The van der Waals surface area contributed by atoms with Crippen molar-refractivity contribution in [3.8, 4) is 22.5 Å². The summed E-state index contributed by atoms with van der Waals surface area (Å²) in [7, 11) is -16.3. The number of nitrogens with zero attached hydrogens (tertiary/aromatic N) is 2. The fraction of sp³-hybridized carbons (Fsp3) is 0. The Balaban J connectivity index is 0.00000337. The zero-order valence-corrected chi connectivity index (χ0v) is 25.9. The predicted octanol–water partition coefficient (Wildman–Crippen LogP) is 3.56. The van der Waals surface area contributed by atoms with Gasteiger partial charge in [0.05, 0.1) is 33.8 Å². The van der Waals surface area contributed by atoms with Crippen LogP contribution in [0.2, 0.25) is 0 Å². The van der Waals surface area contributed by atoms with Crippen LogP contribution in [0.1, 0.15) is 11.4 Å². The molecule has 4 aromatic rings. The van der Waals surface area contributed by atoms with E-state index in [9.17, 15) is 38.9 Å². The van der Waals surface area contributed by atoms with Gasteiger partial charge in [0.1, 0.15) is 14.7 Å². The van der Waals surface area contributed by atoms with Gasteiger partial charge in [-0.2, -0.15) is 25.3 Å². The Morgan fingerprint density at radius 3 is 1.76 bits per heavy atom. The maximum Gasteiger partial charge on any atom is 0.298 e. The van der Waals surface area contributed by atoms with Crippen LogP contribution in [-0.2, 0) is 49.8 Å². The SMILES string of the molecule is O=S(=O)(O)c1c(S(=O)(=O)O)c2[nH]c1cc1nc(cc3ccc(cc4nc(c2S(=O)(=O)O)C=C4)[nH]3)-c2ccccc2-1.[Zn]. The number of hydrogen-bond donors (Lipinski definition) is 5. The van der Waals surface area contributed by atoms with E-state index in [1.807, 2.05) is 0 Å². The van der Waals surface area contributed by atoms with Crippen molar-refractivity contribution in [1.82, 2.24) is 19.9 Å². The van der Waals surface area contributed by atoms with Crippen molar-refractivity contribution in [2.75, 3.05) is 0 Å². The summed E-state index contributed by atoms with van der Waals surface area (Å²) in [5, 5.41) is 0. The summed E-state index contributed by atoms with van der Waals surface area (Å²) in [5.41, 5.74) is 0.969. The summed E-state index contributed by atoms with van der Waals surface area (Å²) in [4.78, 5) is 10.2. The van der Waals surface area contributed by atoms with E-state index >= 15 is 0 Å². The van der Waals surface area contributed by atoms with Crippen LogP contribution >= 0.6 is 0 Å². The minimum Gasteiger partial charge on any atom is -0.355 e. The molecular weight excluding hydrogens is 650 g/mol. The third-order valence-corrected chi connectivity index (χ3v) is 9.08. The molecule has 0 radical (unpaired) electrons. The third-order valence-electron chi connectivity index (χ3n) is 6.16. The Labute approximate surface area is 245 Å². The van der Waals surface area contributed by atoms with Crippen LogP contribution in [0.5, 0.6) is 0 Å². The molecule has 3 aromatic heterocycles. The number of fused-ring (bicyclic) bond motifs is 11. The van der Waals surface area contributed by atoms with E-state index in [1.54, 1.807) is 42.5 Å². The van der Waals surface area contributed by atoms with Gasteiger partial charge in [-0.25, -0.2) is 9.97 Å². The molecule has 0 spiro atoms. The first-order valence-corrected chi connectivity index (χ1v) is 15.5. The first-order chi connectivity index (χ1) is 18.7. The zero-order valence-electron chi connectivity index (χ0n) is 20.5. The quantitative estimate of drug-likeness (QED) is 0.136. The molecule has 5 heterocycles. The molecule has 8 bridgehead atoms. The normalized spacial score (nSPS) is 13.0. The Morgan fingerprint density at radius 2 is 1.17 bits per heavy atom. The van der Waals surface area contributed by atoms with Crippen LogP contribution in [-0.4, -0.2) is 58.8 Å². The second-order valence-corrected chi connectivity index (χ2v) is 12.9. The van der Waals surface area contributed by atoms with E-state index in [2.05, 4.69) is 19.9 Å². The van der Waals surface area contributed by atoms with Gasteiger partial charge in [-0.05, 0) is 42.5 Å². The Hall–Kier alpha value is -3.57. The minimum atomic E-state index is -5.55. The van der Waals surface area contributed by atoms with Gasteiger partial charge >= 0.3 is 0 Å². The van der Waals surface area contributed by atoms with Crippen molar-refractivity contribution in [2.45, 2.75) is 14.7 Å². The van der Waals surface area contributed by atoms with E-state index in [-0.39, 0.29) is 30.9 Å². The van der Waals surface area contributed by atoms with Crippen LogP contribution in [0.4, 0.5) is 0 Å². The van der Waals surface area contributed by atoms with Crippen molar-refractivity contribution in [1.29, 1.82) is 0 Å². The fourth-order valence-electron chi connectivity index (χ4n) is 4.66. The number of hydrogen-bond acceptors (Lipinski definition) is 8. The van der Waals surface area contributed by atoms with Gasteiger partial charge in [0.25, 0.3) is 30.4 Å². The molecule has 0 unspecified atom stereocenters. The molecule has 0 saturated carbocycles. The third kappa shape index (κ3) is 5.17. The van der Waals surface area contributed by atoms with E-state index in [4.69, 9.17) is 0 Å². The van der Waals surface area contributed by atoms with Crippen LogP contribution in [0.3, 0.4) is 0 Å². The summed E-state index contributed by atoms with van der Waals surface area (Å²) < 4.78 is 105. The molecule has 5 N–H and O–H groups in total. The molecule has 0 amide bonds. The average molecular weight is 666 g/mol. The van der Waals surface area contributed by atoms with Gasteiger partial charge in [0, 0.05) is 41.6 Å². The van der Waals surface area contributed by atoms with Crippen molar-refractivity contribution in [3.05, 3.63) is 66.0 Å². The zero-order chi connectivity index (χ0) is 28.6. The molecule has 0 atom stereocenters. The maximum atomic E-state index is 12.6. The molecule has 1 aromatic carbocycles. The van der Waals surface area contributed by atoms with Gasteiger partial charge in [-0.15, -0.1) is 0 Å². The smallest absolute Gasteiger partial charge is 0.298 e. The molecule has 0 saturated heterocycles. The number of rotatable bonds is 3. The Kier molecular flexibility index (Phi) is 6.90. The van der Waals surface area contributed by atoms with Gasteiger partial charge in [-0.1, -0.05) is 24.3 Å². The van der Waals surface area contributed by atoms with Crippen molar-refractivity contribution < 1.29 is 58.4 Å². The first-order valence-electron chi connectivity index (χ1n) is 11.2. The van der Waals surface area contributed by atoms with E-state index in [0.29, 0.717) is 27.9 Å². The van der Waals surface area contributed by atoms with Crippen molar-refractivity contribution >= 4 is 64.6 Å². The van der Waals surface area contributed by atoms with Gasteiger partial charge in [0.15, 0.2) is 0 Å². The van der Waals surface area contributed by atoms with Crippen molar-refractivity contribution in [2.24, 2.45) is 0 Å². The van der Waals surface area contributed by atoms with Crippen molar-refractivity contribution in [3.63, 3.8) is 0 Å².